The van der Waals surface area contributed by atoms with Crippen LogP contribution < -0.4 is 21.1 Å². The second kappa shape index (κ2) is 7.01. The molecule has 26 heavy (non-hydrogen) atoms. The number of anilines is 2. The highest BCUT2D eigenvalue weighted by molar-refractivity contribution is 6.01. The molecule has 2 saturated heterocycles. The van der Waals surface area contributed by atoms with Gasteiger partial charge in [-0.15, -0.1) is 0 Å². The van der Waals surface area contributed by atoms with Gasteiger partial charge in [0, 0.05) is 31.2 Å². The average Bonchev–Trinajstić information content (AvgIpc) is 3.30. The maximum atomic E-state index is 13.8. The number of hydrogen-bond donors (Lipinski definition) is 3. The highest BCUT2D eigenvalue weighted by Crippen LogP contribution is 2.27. The second-order valence-corrected chi connectivity index (χ2v) is 6.63. The molecule has 7 heteroatoms. The predicted molar refractivity (Wildman–Crippen MR) is 95.9 cm³/mol. The van der Waals surface area contributed by atoms with Crippen molar-refractivity contribution in [3.8, 4) is 0 Å². The number of hydrazine groups is 1. The first-order chi connectivity index (χ1) is 12.6. The van der Waals surface area contributed by atoms with Crippen LogP contribution in [0.4, 0.5) is 20.2 Å². The second-order valence-electron chi connectivity index (χ2n) is 6.63. The van der Waals surface area contributed by atoms with Crippen molar-refractivity contribution >= 4 is 17.3 Å². The van der Waals surface area contributed by atoms with E-state index < -0.39 is 17.7 Å². The molecule has 2 aromatic rings. The fraction of sp³-hybridized carbons (Fsp3) is 0.316. The lowest BCUT2D eigenvalue weighted by molar-refractivity contribution is -0.117. The van der Waals surface area contributed by atoms with Gasteiger partial charge in [0.2, 0.25) is 5.91 Å². The Kier molecular flexibility index (Phi) is 4.57. The molecule has 0 aliphatic carbocycles. The molecule has 0 radical (unpaired) electrons. The molecule has 2 aliphatic heterocycles. The summed E-state index contributed by atoms with van der Waals surface area (Å²) in [6.07, 6.45) is 0.535. The van der Waals surface area contributed by atoms with Crippen LogP contribution in [0.1, 0.15) is 17.9 Å². The minimum atomic E-state index is -0.957. The van der Waals surface area contributed by atoms with Gasteiger partial charge in [-0.05, 0) is 36.2 Å². The first-order valence-corrected chi connectivity index (χ1v) is 8.71. The Hall–Kier alpha value is -2.51. The van der Waals surface area contributed by atoms with Crippen LogP contribution in [-0.2, 0) is 4.79 Å². The van der Waals surface area contributed by atoms with Crippen LogP contribution in [0.2, 0.25) is 0 Å². The minimum absolute atomic E-state index is 0.0155. The van der Waals surface area contributed by atoms with Crippen LogP contribution >= 0.6 is 0 Å². The van der Waals surface area contributed by atoms with Crippen molar-refractivity contribution in [2.75, 3.05) is 29.9 Å². The topological polar surface area (TPSA) is 56.4 Å². The number of carbonyl (C=O) groups is 1. The van der Waals surface area contributed by atoms with E-state index in [0.717, 1.165) is 24.8 Å². The first-order valence-electron chi connectivity index (χ1n) is 8.71. The van der Waals surface area contributed by atoms with Crippen LogP contribution in [0.3, 0.4) is 0 Å². The molecule has 1 unspecified atom stereocenters. The zero-order chi connectivity index (χ0) is 18.1. The molecule has 3 N–H and O–H groups in total. The normalized spacial score (nSPS) is 20.8. The van der Waals surface area contributed by atoms with E-state index in [1.54, 1.807) is 4.90 Å². The largest absolute Gasteiger partial charge is 0.371 e. The van der Waals surface area contributed by atoms with Gasteiger partial charge in [0.05, 0.1) is 5.69 Å². The Morgan fingerprint density at radius 3 is 2.50 bits per heavy atom. The molecule has 5 nitrogen and oxygen atoms in total. The zero-order valence-electron chi connectivity index (χ0n) is 14.1. The summed E-state index contributed by atoms with van der Waals surface area (Å²) in [5.41, 5.74) is 8.26. The average molecular weight is 358 g/mol. The van der Waals surface area contributed by atoms with Crippen molar-refractivity contribution in [2.24, 2.45) is 0 Å². The summed E-state index contributed by atoms with van der Waals surface area (Å²) < 4.78 is 27.2. The van der Waals surface area contributed by atoms with Crippen molar-refractivity contribution < 1.29 is 13.6 Å². The van der Waals surface area contributed by atoms with Gasteiger partial charge < -0.3 is 10.2 Å². The number of carbonyl (C=O) groups excluding carboxylic acids is 1. The number of benzene rings is 2. The molecular weight excluding hydrogens is 338 g/mol. The van der Waals surface area contributed by atoms with E-state index in [1.165, 1.54) is 17.7 Å². The maximum Gasteiger partial charge on any atom is 0.249 e. The Balaban J connectivity index is 1.46. The van der Waals surface area contributed by atoms with Crippen LogP contribution in [-0.4, -0.2) is 31.6 Å². The van der Waals surface area contributed by atoms with Gasteiger partial charge in [0.15, 0.2) is 11.6 Å². The Bertz CT molecular complexity index is 806. The molecule has 0 aromatic heterocycles. The fourth-order valence-electron chi connectivity index (χ4n) is 3.50. The van der Waals surface area contributed by atoms with Gasteiger partial charge in [-0.2, -0.15) is 0 Å². The highest BCUT2D eigenvalue weighted by Gasteiger charge is 2.33. The molecule has 136 valence electrons. The van der Waals surface area contributed by atoms with Gasteiger partial charge in [0.25, 0.3) is 0 Å². The van der Waals surface area contributed by atoms with Crippen molar-refractivity contribution in [2.45, 2.75) is 18.4 Å². The van der Waals surface area contributed by atoms with Crippen LogP contribution in [0.5, 0.6) is 0 Å². The zero-order valence-corrected chi connectivity index (χ0v) is 14.1. The van der Waals surface area contributed by atoms with Gasteiger partial charge in [-0.3, -0.25) is 15.6 Å². The molecule has 1 amide bonds. The number of halogens is 2. The first kappa shape index (κ1) is 16.9. The SMILES string of the molecule is O=C1C(Nc2cccc(F)c2F)CCN1c1ccc(C2CNNC2)cc1. The van der Waals surface area contributed by atoms with Crippen LogP contribution in [0.15, 0.2) is 42.5 Å². The van der Waals surface area contributed by atoms with Gasteiger partial charge in [-0.1, -0.05) is 18.2 Å². The van der Waals surface area contributed by atoms with Crippen molar-refractivity contribution in [1.82, 2.24) is 10.9 Å². The lowest BCUT2D eigenvalue weighted by atomic mass is 10.00. The van der Waals surface area contributed by atoms with Crippen molar-refractivity contribution in [3.63, 3.8) is 0 Å². The number of rotatable bonds is 4. The van der Waals surface area contributed by atoms with Crippen molar-refractivity contribution in [1.29, 1.82) is 0 Å². The molecule has 0 saturated carbocycles. The predicted octanol–water partition coefficient (Wildman–Crippen LogP) is 2.37. The monoisotopic (exact) mass is 358 g/mol. The highest BCUT2D eigenvalue weighted by atomic mass is 19.2. The van der Waals surface area contributed by atoms with E-state index in [9.17, 15) is 13.6 Å². The molecule has 2 fully saturated rings. The van der Waals surface area contributed by atoms with E-state index >= 15 is 0 Å². The smallest absolute Gasteiger partial charge is 0.249 e. The van der Waals surface area contributed by atoms with Crippen LogP contribution in [0, 0.1) is 11.6 Å². The summed E-state index contributed by atoms with van der Waals surface area (Å²) in [5.74, 6) is -1.60. The number of hydrogen-bond acceptors (Lipinski definition) is 4. The molecule has 0 spiro atoms. The maximum absolute atomic E-state index is 13.8. The lowest BCUT2D eigenvalue weighted by Gasteiger charge is -2.19. The quantitative estimate of drug-likeness (QED) is 0.786. The lowest BCUT2D eigenvalue weighted by Crippen LogP contribution is -2.33. The molecule has 2 aromatic carbocycles. The minimum Gasteiger partial charge on any atom is -0.371 e. The molecule has 2 heterocycles. The third-order valence-corrected chi connectivity index (χ3v) is 4.98. The van der Waals surface area contributed by atoms with Gasteiger partial charge in [0.1, 0.15) is 6.04 Å². The summed E-state index contributed by atoms with van der Waals surface area (Å²) in [5, 5.41) is 2.83. The summed E-state index contributed by atoms with van der Waals surface area (Å²) in [4.78, 5) is 14.4. The third-order valence-electron chi connectivity index (χ3n) is 4.98. The van der Waals surface area contributed by atoms with Crippen LogP contribution in [0.25, 0.3) is 0 Å². The summed E-state index contributed by atoms with van der Waals surface area (Å²) in [6, 6.07) is 11.3. The molecule has 2 aliphatic rings. The van der Waals surface area contributed by atoms with Gasteiger partial charge in [-0.25, -0.2) is 8.78 Å². The standard InChI is InChI=1S/C19H20F2N4O/c20-15-2-1-3-16(18(15)21)24-17-8-9-25(19(17)26)14-6-4-12(5-7-14)13-10-22-23-11-13/h1-7,13,17,22-24H,8-11H2. The van der Waals surface area contributed by atoms with Crippen molar-refractivity contribution in [3.05, 3.63) is 59.7 Å². The number of nitrogens with zero attached hydrogens (tertiary/aromatic N) is 1. The van der Waals surface area contributed by atoms with Gasteiger partial charge >= 0.3 is 0 Å². The molecule has 1 atom stereocenters. The molecular formula is C19H20F2N4O. The molecule has 4 rings (SSSR count). The number of amides is 1. The fourth-order valence-corrected chi connectivity index (χ4v) is 3.50. The van der Waals surface area contributed by atoms with E-state index in [0.29, 0.717) is 18.9 Å². The van der Waals surface area contributed by atoms with E-state index in [2.05, 4.69) is 16.2 Å². The Labute approximate surface area is 150 Å². The van der Waals surface area contributed by atoms with E-state index in [4.69, 9.17) is 0 Å². The summed E-state index contributed by atoms with van der Waals surface area (Å²) in [6.45, 7) is 2.31. The Morgan fingerprint density at radius 1 is 1.04 bits per heavy atom. The summed E-state index contributed by atoms with van der Waals surface area (Å²) >= 11 is 0. The molecule has 0 bridgehead atoms. The number of nitrogens with one attached hydrogen (secondary N) is 3. The van der Waals surface area contributed by atoms with E-state index in [-0.39, 0.29) is 11.6 Å². The summed E-state index contributed by atoms with van der Waals surface area (Å²) in [7, 11) is 0. The van der Waals surface area contributed by atoms with E-state index in [1.807, 2.05) is 24.3 Å². The Morgan fingerprint density at radius 2 is 1.77 bits per heavy atom. The third kappa shape index (κ3) is 3.15.